The number of carbonyl (C=O) groups is 2. The average molecular weight is 345 g/mol. The monoisotopic (exact) mass is 345 g/mol. The Kier molecular flexibility index (Phi) is 4.84. The number of amides is 3. The second kappa shape index (κ2) is 7.04. The summed E-state index contributed by atoms with van der Waals surface area (Å²) in [6.07, 6.45) is 1.96. The molecule has 0 bridgehead atoms. The molecule has 0 saturated heterocycles. The van der Waals surface area contributed by atoms with E-state index >= 15 is 0 Å². The number of hydrogen-bond donors (Lipinski definition) is 2. The van der Waals surface area contributed by atoms with Crippen LogP contribution in [0.5, 0.6) is 0 Å². The van der Waals surface area contributed by atoms with E-state index in [1.165, 1.54) is 11.8 Å². The first-order valence-corrected chi connectivity index (χ1v) is 8.68. The van der Waals surface area contributed by atoms with Crippen LogP contribution in [0.2, 0.25) is 0 Å². The molecule has 8 heteroatoms. The normalized spacial score (nSPS) is 14.9. The average Bonchev–Trinajstić information content (AvgIpc) is 3.30. The fraction of sp³-hybridized carbons (Fsp3) is 0.375. The molecule has 24 heavy (non-hydrogen) atoms. The van der Waals surface area contributed by atoms with Gasteiger partial charge in [0, 0.05) is 11.7 Å². The number of nitrogens with one attached hydrogen (secondary N) is 2. The van der Waals surface area contributed by atoms with Gasteiger partial charge in [-0.05, 0) is 38.8 Å². The van der Waals surface area contributed by atoms with E-state index < -0.39 is 11.3 Å². The minimum absolute atomic E-state index is 0.213. The molecule has 1 saturated carbocycles. The molecule has 3 rings (SSSR count). The topological polar surface area (TPSA) is 88.9 Å². The van der Waals surface area contributed by atoms with E-state index in [1.54, 1.807) is 6.92 Å². The summed E-state index contributed by atoms with van der Waals surface area (Å²) in [5, 5.41) is 13.5. The van der Waals surface area contributed by atoms with Crippen molar-refractivity contribution in [2.45, 2.75) is 43.1 Å². The van der Waals surface area contributed by atoms with Crippen molar-refractivity contribution in [1.29, 1.82) is 0 Å². The molecule has 3 amide bonds. The molecular formula is C16H19N5O2S. The lowest BCUT2D eigenvalue weighted by Crippen LogP contribution is -2.43. The maximum Gasteiger partial charge on any atom is 0.321 e. The highest BCUT2D eigenvalue weighted by atomic mass is 32.2. The Morgan fingerprint density at radius 2 is 1.96 bits per heavy atom. The van der Waals surface area contributed by atoms with Crippen LogP contribution < -0.4 is 10.6 Å². The highest BCUT2D eigenvalue weighted by Gasteiger charge is 2.26. The van der Waals surface area contributed by atoms with E-state index in [9.17, 15) is 9.59 Å². The summed E-state index contributed by atoms with van der Waals surface area (Å²) < 4.78 is 1.89. The predicted octanol–water partition coefficient (Wildman–Crippen LogP) is 2.04. The zero-order valence-electron chi connectivity index (χ0n) is 13.5. The van der Waals surface area contributed by atoms with E-state index in [0.717, 1.165) is 24.4 Å². The molecule has 0 aliphatic heterocycles. The van der Waals surface area contributed by atoms with Gasteiger partial charge in [0.15, 0.2) is 5.16 Å². The third kappa shape index (κ3) is 3.94. The largest absolute Gasteiger partial charge is 0.335 e. The Morgan fingerprint density at radius 1 is 1.25 bits per heavy atom. The lowest BCUT2D eigenvalue weighted by Gasteiger charge is -2.13. The molecule has 2 N–H and O–H groups in total. The van der Waals surface area contributed by atoms with Gasteiger partial charge in [-0.25, -0.2) is 4.79 Å². The molecule has 1 aliphatic rings. The molecule has 1 heterocycles. The molecule has 1 aromatic heterocycles. The van der Waals surface area contributed by atoms with Crippen molar-refractivity contribution in [1.82, 2.24) is 25.4 Å². The summed E-state index contributed by atoms with van der Waals surface area (Å²) >= 11 is 1.27. The van der Waals surface area contributed by atoms with Crippen molar-refractivity contribution < 1.29 is 9.59 Å². The fourth-order valence-corrected chi connectivity index (χ4v) is 3.08. The highest BCUT2D eigenvalue weighted by molar-refractivity contribution is 8.00. The van der Waals surface area contributed by atoms with Gasteiger partial charge in [-0.1, -0.05) is 30.0 Å². The van der Waals surface area contributed by atoms with Crippen LogP contribution in [0.15, 0.2) is 35.5 Å². The quantitative estimate of drug-likeness (QED) is 0.810. The predicted molar refractivity (Wildman–Crippen MR) is 91.1 cm³/mol. The first kappa shape index (κ1) is 16.5. The first-order chi connectivity index (χ1) is 11.5. The van der Waals surface area contributed by atoms with Gasteiger partial charge < -0.3 is 5.32 Å². The lowest BCUT2D eigenvalue weighted by atomic mass is 10.3. The van der Waals surface area contributed by atoms with Crippen LogP contribution in [0.1, 0.15) is 25.6 Å². The van der Waals surface area contributed by atoms with Gasteiger partial charge in [-0.15, -0.1) is 10.2 Å². The second-order valence-electron chi connectivity index (χ2n) is 5.70. The molecule has 7 nitrogen and oxygen atoms in total. The van der Waals surface area contributed by atoms with Crippen LogP contribution in [-0.2, 0) is 4.79 Å². The summed E-state index contributed by atoms with van der Waals surface area (Å²) in [6, 6.07) is 9.48. The summed E-state index contributed by atoms with van der Waals surface area (Å²) in [5.74, 6) is 0.390. The number of rotatable bonds is 5. The van der Waals surface area contributed by atoms with Crippen molar-refractivity contribution in [3.63, 3.8) is 0 Å². The molecule has 1 aromatic carbocycles. The number of hydrogen-bond acceptors (Lipinski definition) is 5. The summed E-state index contributed by atoms with van der Waals surface area (Å²) in [6.45, 7) is 3.60. The number of imide groups is 1. The van der Waals surface area contributed by atoms with Crippen molar-refractivity contribution >= 4 is 23.7 Å². The number of aromatic nitrogens is 3. The lowest BCUT2D eigenvalue weighted by molar-refractivity contribution is -0.119. The summed E-state index contributed by atoms with van der Waals surface area (Å²) in [5.41, 5.74) is 0.932. The Balaban J connectivity index is 1.67. The minimum atomic E-state index is -0.471. The molecule has 1 aliphatic carbocycles. The molecular weight excluding hydrogens is 326 g/mol. The Morgan fingerprint density at radius 3 is 2.62 bits per heavy atom. The van der Waals surface area contributed by atoms with Crippen molar-refractivity contribution in [3.05, 3.63) is 36.2 Å². The minimum Gasteiger partial charge on any atom is -0.335 e. The Labute approximate surface area is 144 Å². The van der Waals surface area contributed by atoms with E-state index in [1.807, 2.05) is 41.8 Å². The van der Waals surface area contributed by atoms with E-state index in [0.29, 0.717) is 5.16 Å². The highest BCUT2D eigenvalue weighted by Crippen LogP contribution is 2.25. The molecule has 2 aromatic rings. The standard InChI is InChI=1S/C16H19N5O2S/c1-10(14(22)18-15(23)17-12-8-9-12)24-16-20-19-11(2)21(16)13-6-4-3-5-7-13/h3-7,10,12H,8-9H2,1-2H3,(H2,17,18,22,23)/t10-/m1/s1. The molecule has 0 unspecified atom stereocenters. The van der Waals surface area contributed by atoms with Gasteiger partial charge in [0.2, 0.25) is 5.91 Å². The Hall–Kier alpha value is -2.35. The number of nitrogens with zero attached hydrogens (tertiary/aromatic N) is 3. The van der Waals surface area contributed by atoms with Crippen molar-refractivity contribution in [3.8, 4) is 5.69 Å². The van der Waals surface area contributed by atoms with E-state index in [2.05, 4.69) is 20.8 Å². The van der Waals surface area contributed by atoms with Gasteiger partial charge in [0.05, 0.1) is 5.25 Å². The smallest absolute Gasteiger partial charge is 0.321 e. The zero-order valence-corrected chi connectivity index (χ0v) is 14.3. The van der Waals surface area contributed by atoms with Crippen LogP contribution in [0.3, 0.4) is 0 Å². The molecule has 1 atom stereocenters. The van der Waals surface area contributed by atoms with Gasteiger partial charge in [0.25, 0.3) is 0 Å². The molecule has 126 valence electrons. The van der Waals surface area contributed by atoms with E-state index in [4.69, 9.17) is 0 Å². The van der Waals surface area contributed by atoms with Crippen LogP contribution in [0.25, 0.3) is 5.69 Å². The van der Waals surface area contributed by atoms with Crippen LogP contribution in [0.4, 0.5) is 4.79 Å². The van der Waals surface area contributed by atoms with Gasteiger partial charge >= 0.3 is 6.03 Å². The Bertz CT molecular complexity index is 742. The van der Waals surface area contributed by atoms with Crippen LogP contribution in [-0.4, -0.2) is 38.0 Å². The third-order valence-electron chi connectivity index (χ3n) is 3.61. The number of urea groups is 1. The molecule has 0 spiro atoms. The van der Waals surface area contributed by atoms with Gasteiger partial charge in [-0.2, -0.15) is 0 Å². The maximum absolute atomic E-state index is 12.2. The SMILES string of the molecule is Cc1nnc(S[C@H](C)C(=O)NC(=O)NC2CC2)n1-c1ccccc1. The summed E-state index contributed by atoms with van der Waals surface area (Å²) in [4.78, 5) is 23.8. The number of aryl methyl sites for hydroxylation is 1. The maximum atomic E-state index is 12.2. The van der Waals surface area contributed by atoms with Gasteiger partial charge in [0.1, 0.15) is 5.82 Å². The number of thioether (sulfide) groups is 1. The summed E-state index contributed by atoms with van der Waals surface area (Å²) in [7, 11) is 0. The number of para-hydroxylation sites is 1. The zero-order chi connectivity index (χ0) is 17.1. The van der Waals surface area contributed by atoms with Crippen LogP contribution in [0, 0.1) is 6.92 Å². The van der Waals surface area contributed by atoms with Crippen molar-refractivity contribution in [2.24, 2.45) is 0 Å². The fourth-order valence-electron chi connectivity index (χ4n) is 2.17. The third-order valence-corrected chi connectivity index (χ3v) is 4.65. The van der Waals surface area contributed by atoms with E-state index in [-0.39, 0.29) is 11.9 Å². The number of benzene rings is 1. The molecule has 1 fully saturated rings. The van der Waals surface area contributed by atoms with Crippen LogP contribution >= 0.6 is 11.8 Å². The number of carbonyl (C=O) groups excluding carboxylic acids is 2. The van der Waals surface area contributed by atoms with Crippen molar-refractivity contribution in [2.75, 3.05) is 0 Å². The molecule has 0 radical (unpaired) electrons. The second-order valence-corrected chi connectivity index (χ2v) is 7.01. The first-order valence-electron chi connectivity index (χ1n) is 7.80. The van der Waals surface area contributed by atoms with Gasteiger partial charge in [-0.3, -0.25) is 14.7 Å².